The zero-order chi connectivity index (χ0) is 18.1. The zero-order valence-electron chi connectivity index (χ0n) is 16.9. The van der Waals surface area contributed by atoms with Crippen molar-refractivity contribution in [2.45, 2.75) is 66.8 Å². The third-order valence-corrected chi connectivity index (χ3v) is 5.51. The molecule has 1 amide bonds. The van der Waals surface area contributed by atoms with Gasteiger partial charge in [-0.25, -0.2) is 0 Å². The van der Waals surface area contributed by atoms with Crippen LogP contribution in [0.2, 0.25) is 0 Å². The maximum absolute atomic E-state index is 12.3. The standard InChI is InChI=1S/C20H40N2O2/c1-7-21(17(4)5)11-8-18(6)14-24-15-20(23)22-12-9-19(10-13-22)16(2)3/h16-19H,7-15H2,1-6H3. The molecule has 1 fully saturated rings. The van der Waals surface area contributed by atoms with Gasteiger partial charge in [0.05, 0.1) is 0 Å². The summed E-state index contributed by atoms with van der Waals surface area (Å²) in [5.74, 6) is 2.17. The van der Waals surface area contributed by atoms with Crippen molar-refractivity contribution >= 4 is 5.91 Å². The molecular weight excluding hydrogens is 300 g/mol. The van der Waals surface area contributed by atoms with Crippen molar-refractivity contribution < 1.29 is 9.53 Å². The Labute approximate surface area is 149 Å². The van der Waals surface area contributed by atoms with Crippen LogP contribution in [-0.4, -0.2) is 61.1 Å². The van der Waals surface area contributed by atoms with E-state index < -0.39 is 0 Å². The smallest absolute Gasteiger partial charge is 0.248 e. The van der Waals surface area contributed by atoms with Crippen LogP contribution in [0, 0.1) is 17.8 Å². The number of hydrogen-bond acceptors (Lipinski definition) is 3. The number of nitrogens with zero attached hydrogens (tertiary/aromatic N) is 2. The van der Waals surface area contributed by atoms with Gasteiger partial charge in [0.25, 0.3) is 0 Å². The topological polar surface area (TPSA) is 32.8 Å². The van der Waals surface area contributed by atoms with Gasteiger partial charge in [0.2, 0.25) is 5.91 Å². The fourth-order valence-corrected chi connectivity index (χ4v) is 3.51. The van der Waals surface area contributed by atoms with Gasteiger partial charge in [-0.3, -0.25) is 4.79 Å². The summed E-state index contributed by atoms with van der Waals surface area (Å²) in [5.41, 5.74) is 0. The Balaban J connectivity index is 2.17. The Morgan fingerprint density at radius 2 is 1.79 bits per heavy atom. The first-order valence-corrected chi connectivity index (χ1v) is 9.94. The van der Waals surface area contributed by atoms with Gasteiger partial charge in [-0.2, -0.15) is 0 Å². The molecule has 1 aliphatic rings. The van der Waals surface area contributed by atoms with Crippen LogP contribution in [0.3, 0.4) is 0 Å². The van der Waals surface area contributed by atoms with Gasteiger partial charge in [0.1, 0.15) is 6.61 Å². The molecule has 1 unspecified atom stereocenters. The zero-order valence-corrected chi connectivity index (χ0v) is 16.9. The van der Waals surface area contributed by atoms with Gasteiger partial charge < -0.3 is 14.5 Å². The van der Waals surface area contributed by atoms with Crippen LogP contribution in [0.25, 0.3) is 0 Å². The molecular formula is C20H40N2O2. The van der Waals surface area contributed by atoms with E-state index in [1.54, 1.807) is 0 Å². The van der Waals surface area contributed by atoms with Crippen molar-refractivity contribution in [3.63, 3.8) is 0 Å². The Morgan fingerprint density at radius 3 is 2.29 bits per heavy atom. The highest BCUT2D eigenvalue weighted by Crippen LogP contribution is 2.24. The number of carbonyl (C=O) groups excluding carboxylic acids is 1. The average molecular weight is 341 g/mol. The molecule has 4 nitrogen and oxygen atoms in total. The monoisotopic (exact) mass is 340 g/mol. The molecule has 0 saturated carbocycles. The second-order valence-electron chi connectivity index (χ2n) is 8.09. The normalized spacial score (nSPS) is 18.0. The summed E-state index contributed by atoms with van der Waals surface area (Å²) in [6.07, 6.45) is 3.41. The Kier molecular flexibility index (Phi) is 9.91. The molecule has 1 saturated heterocycles. The van der Waals surface area contributed by atoms with Crippen molar-refractivity contribution in [3.05, 3.63) is 0 Å². The maximum atomic E-state index is 12.3. The summed E-state index contributed by atoms with van der Waals surface area (Å²) >= 11 is 0. The summed E-state index contributed by atoms with van der Waals surface area (Å²) in [5, 5.41) is 0. The first-order valence-electron chi connectivity index (χ1n) is 9.94. The molecule has 0 bridgehead atoms. The van der Waals surface area contributed by atoms with Gasteiger partial charge in [-0.15, -0.1) is 0 Å². The van der Waals surface area contributed by atoms with Crippen LogP contribution in [-0.2, 0) is 9.53 Å². The Hall–Kier alpha value is -0.610. The molecule has 24 heavy (non-hydrogen) atoms. The first kappa shape index (κ1) is 21.4. The fraction of sp³-hybridized carbons (Fsp3) is 0.950. The van der Waals surface area contributed by atoms with E-state index in [4.69, 9.17) is 4.74 Å². The number of rotatable bonds is 10. The van der Waals surface area contributed by atoms with Crippen LogP contribution in [0.1, 0.15) is 60.8 Å². The highest BCUT2D eigenvalue weighted by Gasteiger charge is 2.24. The molecule has 4 heteroatoms. The lowest BCUT2D eigenvalue weighted by Crippen LogP contribution is -2.41. The summed E-state index contributed by atoms with van der Waals surface area (Å²) in [7, 11) is 0. The fourth-order valence-electron chi connectivity index (χ4n) is 3.51. The molecule has 0 N–H and O–H groups in total. The van der Waals surface area contributed by atoms with Crippen LogP contribution < -0.4 is 0 Å². The third-order valence-electron chi connectivity index (χ3n) is 5.51. The second-order valence-corrected chi connectivity index (χ2v) is 8.09. The number of likely N-dealkylation sites (tertiary alicyclic amines) is 1. The van der Waals surface area contributed by atoms with Gasteiger partial charge in [-0.05, 0) is 64.0 Å². The minimum Gasteiger partial charge on any atom is -0.371 e. The van der Waals surface area contributed by atoms with E-state index in [0.29, 0.717) is 18.6 Å². The van der Waals surface area contributed by atoms with Crippen molar-refractivity contribution in [2.24, 2.45) is 17.8 Å². The van der Waals surface area contributed by atoms with Crippen LogP contribution in [0.4, 0.5) is 0 Å². The van der Waals surface area contributed by atoms with Gasteiger partial charge in [0.15, 0.2) is 0 Å². The molecule has 0 aromatic carbocycles. The minimum absolute atomic E-state index is 0.168. The molecule has 0 aromatic heterocycles. The van der Waals surface area contributed by atoms with Crippen molar-refractivity contribution in [2.75, 3.05) is 39.4 Å². The van der Waals surface area contributed by atoms with Crippen LogP contribution >= 0.6 is 0 Å². The second kappa shape index (κ2) is 11.1. The minimum atomic E-state index is 0.168. The molecule has 1 heterocycles. The quantitative estimate of drug-likeness (QED) is 0.608. The van der Waals surface area contributed by atoms with E-state index in [9.17, 15) is 4.79 Å². The number of hydrogen-bond donors (Lipinski definition) is 0. The maximum Gasteiger partial charge on any atom is 0.248 e. The average Bonchev–Trinajstić information content (AvgIpc) is 2.55. The van der Waals surface area contributed by atoms with Gasteiger partial charge >= 0.3 is 0 Å². The van der Waals surface area contributed by atoms with Gasteiger partial charge in [-0.1, -0.05) is 27.7 Å². The molecule has 1 aliphatic heterocycles. The van der Waals surface area contributed by atoms with E-state index in [0.717, 1.165) is 57.3 Å². The number of carbonyl (C=O) groups is 1. The summed E-state index contributed by atoms with van der Waals surface area (Å²) < 4.78 is 5.70. The molecule has 1 rings (SSSR count). The lowest BCUT2D eigenvalue weighted by molar-refractivity contribution is -0.138. The Bertz CT molecular complexity index is 350. The predicted octanol–water partition coefficient (Wildman–Crippen LogP) is 3.65. The lowest BCUT2D eigenvalue weighted by Gasteiger charge is -2.34. The largest absolute Gasteiger partial charge is 0.371 e. The van der Waals surface area contributed by atoms with E-state index >= 15 is 0 Å². The van der Waals surface area contributed by atoms with Gasteiger partial charge in [0, 0.05) is 25.7 Å². The molecule has 0 radical (unpaired) electrons. The predicted molar refractivity (Wildman–Crippen MR) is 101 cm³/mol. The first-order chi connectivity index (χ1) is 11.3. The molecule has 0 aromatic rings. The number of piperidine rings is 1. The van der Waals surface area contributed by atoms with E-state index in [-0.39, 0.29) is 12.5 Å². The third kappa shape index (κ3) is 7.52. The van der Waals surface area contributed by atoms with Crippen LogP contribution in [0.5, 0.6) is 0 Å². The SMILES string of the molecule is CCN(CCC(C)COCC(=O)N1CCC(C(C)C)CC1)C(C)C. The molecule has 0 spiro atoms. The number of ether oxygens (including phenoxy) is 1. The number of amides is 1. The van der Waals surface area contributed by atoms with E-state index in [2.05, 4.69) is 46.4 Å². The molecule has 1 atom stereocenters. The highest BCUT2D eigenvalue weighted by atomic mass is 16.5. The molecule has 142 valence electrons. The van der Waals surface area contributed by atoms with E-state index in [1.807, 2.05) is 4.90 Å². The lowest BCUT2D eigenvalue weighted by atomic mass is 9.87. The van der Waals surface area contributed by atoms with Crippen molar-refractivity contribution in [1.29, 1.82) is 0 Å². The van der Waals surface area contributed by atoms with Crippen LogP contribution in [0.15, 0.2) is 0 Å². The van der Waals surface area contributed by atoms with Crippen molar-refractivity contribution in [1.82, 2.24) is 9.80 Å². The summed E-state index contributed by atoms with van der Waals surface area (Å²) in [4.78, 5) is 16.7. The summed E-state index contributed by atoms with van der Waals surface area (Å²) in [6.45, 7) is 18.4. The Morgan fingerprint density at radius 1 is 1.17 bits per heavy atom. The van der Waals surface area contributed by atoms with Crippen molar-refractivity contribution in [3.8, 4) is 0 Å². The van der Waals surface area contributed by atoms with E-state index in [1.165, 1.54) is 0 Å². The highest BCUT2D eigenvalue weighted by molar-refractivity contribution is 5.77. The summed E-state index contributed by atoms with van der Waals surface area (Å²) in [6, 6.07) is 0.596. The molecule has 0 aliphatic carbocycles.